The van der Waals surface area contributed by atoms with Gasteiger partial charge < -0.3 is 16.0 Å². The topological polar surface area (TPSA) is 75.4 Å². The van der Waals surface area contributed by atoms with Crippen LogP contribution in [0, 0.1) is 0 Å². The molecule has 0 aromatic carbocycles. The van der Waals surface area contributed by atoms with Crippen molar-refractivity contribution >= 4 is 11.8 Å². The highest BCUT2D eigenvalue weighted by Crippen LogP contribution is 2.18. The zero-order chi connectivity index (χ0) is 12.7. The minimum absolute atomic E-state index is 0.0278. The molecule has 0 radical (unpaired) electrons. The van der Waals surface area contributed by atoms with E-state index in [0.717, 1.165) is 25.7 Å². The van der Waals surface area contributed by atoms with Crippen molar-refractivity contribution < 1.29 is 9.59 Å². The highest BCUT2D eigenvalue weighted by molar-refractivity contribution is 5.87. The minimum atomic E-state index is -0.269. The molecule has 0 saturated carbocycles. The maximum Gasteiger partial charge on any atom is 0.242 e. The summed E-state index contributed by atoms with van der Waals surface area (Å²) in [5.41, 5.74) is 5.37. The van der Waals surface area contributed by atoms with Gasteiger partial charge in [0.1, 0.15) is 6.04 Å². The molecule has 5 heteroatoms. The van der Waals surface area contributed by atoms with Crippen LogP contribution in [0.25, 0.3) is 0 Å². The largest absolute Gasteiger partial charge is 0.354 e. The van der Waals surface area contributed by atoms with E-state index in [4.69, 9.17) is 5.73 Å². The summed E-state index contributed by atoms with van der Waals surface area (Å²) in [5.74, 6) is 0.0450. The van der Waals surface area contributed by atoms with Crippen LogP contribution in [0.4, 0.5) is 0 Å². The fraction of sp³-hybridized carbons (Fsp3) is 0.833. The van der Waals surface area contributed by atoms with Gasteiger partial charge in [-0.25, -0.2) is 0 Å². The van der Waals surface area contributed by atoms with Crippen LogP contribution in [-0.2, 0) is 9.59 Å². The zero-order valence-corrected chi connectivity index (χ0v) is 10.6. The SMILES string of the molecule is CCC(=O)N1CCCCC1C(=O)NCCCN. The van der Waals surface area contributed by atoms with Crippen molar-refractivity contribution in [3.63, 3.8) is 0 Å². The molecule has 1 rings (SSSR count). The lowest BCUT2D eigenvalue weighted by atomic mass is 10.0. The summed E-state index contributed by atoms with van der Waals surface area (Å²) in [6.45, 7) is 3.71. The highest BCUT2D eigenvalue weighted by Gasteiger charge is 2.30. The van der Waals surface area contributed by atoms with E-state index in [1.165, 1.54) is 0 Å². The van der Waals surface area contributed by atoms with E-state index < -0.39 is 0 Å². The third kappa shape index (κ3) is 4.00. The number of hydrogen-bond acceptors (Lipinski definition) is 3. The van der Waals surface area contributed by atoms with Gasteiger partial charge in [-0.1, -0.05) is 6.92 Å². The van der Waals surface area contributed by atoms with Crippen molar-refractivity contribution in [2.75, 3.05) is 19.6 Å². The van der Waals surface area contributed by atoms with Crippen LogP contribution in [0.1, 0.15) is 39.0 Å². The average Bonchev–Trinajstić information content (AvgIpc) is 2.38. The van der Waals surface area contributed by atoms with Gasteiger partial charge in [-0.05, 0) is 32.2 Å². The molecule has 98 valence electrons. The average molecular weight is 241 g/mol. The lowest BCUT2D eigenvalue weighted by molar-refractivity contribution is -0.142. The summed E-state index contributed by atoms with van der Waals surface area (Å²) < 4.78 is 0. The van der Waals surface area contributed by atoms with Gasteiger partial charge in [0.05, 0.1) is 0 Å². The molecule has 1 aliphatic rings. The second-order valence-electron chi connectivity index (χ2n) is 4.39. The van der Waals surface area contributed by atoms with E-state index in [-0.39, 0.29) is 17.9 Å². The van der Waals surface area contributed by atoms with Crippen molar-refractivity contribution in [2.24, 2.45) is 5.73 Å². The second-order valence-corrected chi connectivity index (χ2v) is 4.39. The summed E-state index contributed by atoms with van der Waals surface area (Å²) in [4.78, 5) is 25.4. The predicted molar refractivity (Wildman–Crippen MR) is 66.3 cm³/mol. The Labute approximate surface area is 103 Å². The Balaban J connectivity index is 2.52. The number of rotatable bonds is 5. The molecule has 1 aliphatic heterocycles. The van der Waals surface area contributed by atoms with E-state index in [1.54, 1.807) is 4.90 Å². The number of amides is 2. The molecule has 5 nitrogen and oxygen atoms in total. The molecule has 2 amide bonds. The third-order valence-corrected chi connectivity index (χ3v) is 3.11. The Morgan fingerprint density at radius 2 is 2.18 bits per heavy atom. The Morgan fingerprint density at radius 3 is 2.82 bits per heavy atom. The van der Waals surface area contributed by atoms with Crippen molar-refractivity contribution in [1.29, 1.82) is 0 Å². The quantitative estimate of drug-likeness (QED) is 0.677. The molecule has 1 atom stereocenters. The third-order valence-electron chi connectivity index (χ3n) is 3.11. The molecule has 3 N–H and O–H groups in total. The van der Waals surface area contributed by atoms with Gasteiger partial charge in [0, 0.05) is 19.5 Å². The lowest BCUT2D eigenvalue weighted by Gasteiger charge is -2.34. The molecule has 0 bridgehead atoms. The molecule has 0 aromatic rings. The molecule has 1 unspecified atom stereocenters. The van der Waals surface area contributed by atoms with Gasteiger partial charge >= 0.3 is 0 Å². The molecule has 1 heterocycles. The summed E-state index contributed by atoms with van der Waals surface area (Å²) in [6, 6.07) is -0.269. The Hall–Kier alpha value is -1.10. The van der Waals surface area contributed by atoms with E-state index in [2.05, 4.69) is 5.32 Å². The minimum Gasteiger partial charge on any atom is -0.354 e. The van der Waals surface area contributed by atoms with E-state index >= 15 is 0 Å². The van der Waals surface area contributed by atoms with Gasteiger partial charge in [-0.3, -0.25) is 9.59 Å². The van der Waals surface area contributed by atoms with Crippen molar-refractivity contribution in [3.05, 3.63) is 0 Å². The van der Waals surface area contributed by atoms with Crippen LogP contribution in [-0.4, -0.2) is 42.4 Å². The van der Waals surface area contributed by atoms with E-state index in [1.807, 2.05) is 6.92 Å². The van der Waals surface area contributed by atoms with Crippen LogP contribution >= 0.6 is 0 Å². The van der Waals surface area contributed by atoms with Gasteiger partial charge in [0.15, 0.2) is 0 Å². The normalized spacial score (nSPS) is 20.1. The van der Waals surface area contributed by atoms with Gasteiger partial charge in [-0.15, -0.1) is 0 Å². The van der Waals surface area contributed by atoms with Crippen molar-refractivity contribution in [1.82, 2.24) is 10.2 Å². The van der Waals surface area contributed by atoms with Gasteiger partial charge in [0.2, 0.25) is 11.8 Å². The summed E-state index contributed by atoms with van der Waals surface area (Å²) >= 11 is 0. The summed E-state index contributed by atoms with van der Waals surface area (Å²) in [5, 5.41) is 2.85. The first kappa shape index (κ1) is 14.0. The van der Waals surface area contributed by atoms with Crippen LogP contribution < -0.4 is 11.1 Å². The summed E-state index contributed by atoms with van der Waals surface area (Å²) in [6.07, 6.45) is 4.04. The predicted octanol–water partition coefficient (Wildman–Crippen LogP) is 0.243. The maximum atomic E-state index is 12.0. The highest BCUT2D eigenvalue weighted by atomic mass is 16.2. The first-order valence-electron chi connectivity index (χ1n) is 6.48. The molecular formula is C12H23N3O2. The van der Waals surface area contributed by atoms with Crippen molar-refractivity contribution in [3.8, 4) is 0 Å². The maximum absolute atomic E-state index is 12.0. The Kier molecular flexibility index (Phi) is 5.97. The number of piperidine rings is 1. The van der Waals surface area contributed by atoms with E-state index in [9.17, 15) is 9.59 Å². The number of carbonyl (C=O) groups is 2. The molecule has 17 heavy (non-hydrogen) atoms. The van der Waals surface area contributed by atoms with Gasteiger partial charge in [-0.2, -0.15) is 0 Å². The number of hydrogen-bond donors (Lipinski definition) is 2. The number of nitrogens with two attached hydrogens (primary N) is 1. The monoisotopic (exact) mass is 241 g/mol. The summed E-state index contributed by atoms with van der Waals surface area (Å²) in [7, 11) is 0. The van der Waals surface area contributed by atoms with Crippen LogP contribution in [0.5, 0.6) is 0 Å². The number of carbonyl (C=O) groups excluding carboxylic acids is 2. The Morgan fingerprint density at radius 1 is 1.41 bits per heavy atom. The molecule has 1 saturated heterocycles. The van der Waals surface area contributed by atoms with Crippen molar-refractivity contribution in [2.45, 2.75) is 45.1 Å². The number of likely N-dealkylation sites (tertiary alicyclic amines) is 1. The molecule has 0 aromatic heterocycles. The van der Waals surface area contributed by atoms with Crippen LogP contribution in [0.2, 0.25) is 0 Å². The molecule has 0 aliphatic carbocycles. The molecule has 1 fully saturated rings. The van der Waals surface area contributed by atoms with Crippen LogP contribution in [0.15, 0.2) is 0 Å². The lowest BCUT2D eigenvalue weighted by Crippen LogP contribution is -2.52. The zero-order valence-electron chi connectivity index (χ0n) is 10.6. The smallest absolute Gasteiger partial charge is 0.242 e. The fourth-order valence-corrected chi connectivity index (χ4v) is 2.14. The fourth-order valence-electron chi connectivity index (χ4n) is 2.14. The van der Waals surface area contributed by atoms with E-state index in [0.29, 0.717) is 26.1 Å². The van der Waals surface area contributed by atoms with Gasteiger partial charge in [0.25, 0.3) is 0 Å². The first-order valence-corrected chi connectivity index (χ1v) is 6.48. The first-order chi connectivity index (χ1) is 8.20. The van der Waals surface area contributed by atoms with Crippen LogP contribution in [0.3, 0.4) is 0 Å². The standard InChI is InChI=1S/C12H23N3O2/c1-2-11(16)15-9-4-3-6-10(15)12(17)14-8-5-7-13/h10H,2-9,13H2,1H3,(H,14,17). The number of nitrogens with one attached hydrogen (secondary N) is 1. The molecule has 0 spiro atoms. The molecular weight excluding hydrogens is 218 g/mol. The second kappa shape index (κ2) is 7.27. The Bertz CT molecular complexity index is 268. The number of nitrogens with zero attached hydrogens (tertiary/aromatic N) is 1.